The van der Waals surface area contributed by atoms with Crippen molar-refractivity contribution in [3.63, 3.8) is 0 Å². The average Bonchev–Trinajstić information content (AvgIpc) is 2.69. The van der Waals surface area contributed by atoms with Crippen molar-refractivity contribution in [2.24, 2.45) is 5.92 Å². The number of amides is 2. The van der Waals surface area contributed by atoms with E-state index in [0.717, 1.165) is 31.2 Å². The smallest absolute Gasteiger partial charge is 0.410 e. The molecule has 3 rings (SSSR count). The first-order chi connectivity index (χ1) is 12.6. The Bertz CT molecular complexity index is 644. The van der Waals surface area contributed by atoms with Gasteiger partial charge >= 0.3 is 6.09 Å². The topological polar surface area (TPSA) is 49.9 Å². The van der Waals surface area contributed by atoms with Crippen LogP contribution in [0.1, 0.15) is 37.7 Å². The number of methoxy groups -OCH3 is 1. The summed E-state index contributed by atoms with van der Waals surface area (Å²) in [7, 11) is 1.35. The highest BCUT2D eigenvalue weighted by atomic mass is 19.1. The fourth-order valence-corrected chi connectivity index (χ4v) is 4.07. The second-order valence-electron chi connectivity index (χ2n) is 7.24. The Balaban J connectivity index is 1.56. The second kappa shape index (κ2) is 8.52. The minimum absolute atomic E-state index is 0.0273. The van der Waals surface area contributed by atoms with Crippen LogP contribution < -0.4 is 0 Å². The summed E-state index contributed by atoms with van der Waals surface area (Å²) in [5.74, 6) is 0.264. The van der Waals surface area contributed by atoms with E-state index in [-0.39, 0.29) is 11.7 Å². The highest BCUT2D eigenvalue weighted by Crippen LogP contribution is 2.26. The van der Waals surface area contributed by atoms with Crippen LogP contribution in [0.15, 0.2) is 24.3 Å². The Morgan fingerprint density at radius 2 is 1.85 bits per heavy atom. The molecule has 2 heterocycles. The number of rotatable bonds is 3. The van der Waals surface area contributed by atoms with E-state index in [1.54, 1.807) is 11.0 Å². The molecule has 2 aliphatic heterocycles. The van der Waals surface area contributed by atoms with Crippen LogP contribution in [0.3, 0.4) is 0 Å². The summed E-state index contributed by atoms with van der Waals surface area (Å²) in [5.41, 5.74) is 0.751. The van der Waals surface area contributed by atoms with Gasteiger partial charge in [-0.1, -0.05) is 18.2 Å². The molecule has 0 aromatic heterocycles. The first kappa shape index (κ1) is 18.7. The van der Waals surface area contributed by atoms with Crippen molar-refractivity contribution < 1.29 is 18.7 Å². The largest absolute Gasteiger partial charge is 0.453 e. The Kier molecular flexibility index (Phi) is 6.12. The monoisotopic (exact) mass is 362 g/mol. The third-order valence-corrected chi connectivity index (χ3v) is 5.59. The molecule has 2 saturated heterocycles. The third-order valence-electron chi connectivity index (χ3n) is 5.59. The maximum absolute atomic E-state index is 13.8. The summed E-state index contributed by atoms with van der Waals surface area (Å²) < 4.78 is 18.7. The lowest BCUT2D eigenvalue weighted by Crippen LogP contribution is -2.54. The van der Waals surface area contributed by atoms with Gasteiger partial charge in [-0.05, 0) is 56.1 Å². The standard InChI is InChI=1S/C20H27FN2O3/c1-26-20(25)23-11-5-4-8-18(23)19(24)22-12-9-15(10-13-22)14-16-6-2-3-7-17(16)21/h2-3,6-7,15,18H,4-5,8-14H2,1H3/t18-/m1/s1. The van der Waals surface area contributed by atoms with Crippen molar-refractivity contribution in [2.75, 3.05) is 26.7 Å². The first-order valence-corrected chi connectivity index (χ1v) is 9.47. The molecule has 0 spiro atoms. The van der Waals surface area contributed by atoms with Crippen LogP contribution in [0.2, 0.25) is 0 Å². The van der Waals surface area contributed by atoms with E-state index in [4.69, 9.17) is 4.74 Å². The highest BCUT2D eigenvalue weighted by molar-refractivity contribution is 5.86. The molecule has 0 saturated carbocycles. The van der Waals surface area contributed by atoms with Gasteiger partial charge in [-0.25, -0.2) is 9.18 Å². The number of ether oxygens (including phenoxy) is 1. The molecule has 0 aliphatic carbocycles. The summed E-state index contributed by atoms with van der Waals surface area (Å²) >= 11 is 0. The Hall–Kier alpha value is -2.11. The van der Waals surface area contributed by atoms with Gasteiger partial charge in [-0.3, -0.25) is 9.69 Å². The van der Waals surface area contributed by atoms with E-state index < -0.39 is 12.1 Å². The number of benzene rings is 1. The summed E-state index contributed by atoms with van der Waals surface area (Å²) in [6.45, 7) is 1.92. The zero-order chi connectivity index (χ0) is 18.5. The molecular formula is C20H27FN2O3. The predicted octanol–water partition coefficient (Wildman–Crippen LogP) is 3.23. The van der Waals surface area contributed by atoms with Gasteiger partial charge in [0.05, 0.1) is 7.11 Å². The van der Waals surface area contributed by atoms with Crippen LogP contribution in [-0.2, 0) is 16.0 Å². The Morgan fingerprint density at radius 3 is 2.54 bits per heavy atom. The minimum Gasteiger partial charge on any atom is -0.453 e. The zero-order valence-corrected chi connectivity index (χ0v) is 15.3. The van der Waals surface area contributed by atoms with E-state index >= 15 is 0 Å². The molecular weight excluding hydrogens is 335 g/mol. The number of carbonyl (C=O) groups excluding carboxylic acids is 2. The molecule has 2 fully saturated rings. The predicted molar refractivity (Wildman–Crippen MR) is 96.2 cm³/mol. The lowest BCUT2D eigenvalue weighted by atomic mass is 9.89. The Labute approximate surface area is 154 Å². The normalized spacial score (nSPS) is 21.5. The fourth-order valence-electron chi connectivity index (χ4n) is 4.07. The molecule has 0 radical (unpaired) electrons. The average molecular weight is 362 g/mol. The van der Waals surface area contributed by atoms with Crippen LogP contribution >= 0.6 is 0 Å². The van der Waals surface area contributed by atoms with Crippen LogP contribution in [0.25, 0.3) is 0 Å². The molecule has 142 valence electrons. The molecule has 2 aliphatic rings. The molecule has 0 bridgehead atoms. The maximum Gasteiger partial charge on any atom is 0.410 e. The summed E-state index contributed by atoms with van der Waals surface area (Å²) in [4.78, 5) is 28.3. The van der Waals surface area contributed by atoms with E-state index in [0.29, 0.717) is 38.4 Å². The van der Waals surface area contributed by atoms with Gasteiger partial charge in [-0.2, -0.15) is 0 Å². The van der Waals surface area contributed by atoms with Gasteiger partial charge < -0.3 is 9.64 Å². The number of piperidine rings is 2. The highest BCUT2D eigenvalue weighted by Gasteiger charge is 2.36. The van der Waals surface area contributed by atoms with Crippen molar-refractivity contribution in [3.05, 3.63) is 35.6 Å². The molecule has 1 aromatic rings. The molecule has 1 aromatic carbocycles. The summed E-state index contributed by atoms with van der Waals surface area (Å²) in [5, 5.41) is 0. The quantitative estimate of drug-likeness (QED) is 0.829. The number of likely N-dealkylation sites (tertiary alicyclic amines) is 2. The van der Waals surface area contributed by atoms with Gasteiger partial charge in [0.2, 0.25) is 5.91 Å². The van der Waals surface area contributed by atoms with Gasteiger partial charge in [0.1, 0.15) is 11.9 Å². The lowest BCUT2D eigenvalue weighted by Gasteiger charge is -2.39. The molecule has 0 N–H and O–H groups in total. The Morgan fingerprint density at radius 1 is 1.12 bits per heavy atom. The van der Waals surface area contributed by atoms with Crippen molar-refractivity contribution in [2.45, 2.75) is 44.6 Å². The SMILES string of the molecule is COC(=O)N1CCCC[C@@H]1C(=O)N1CCC(Cc2ccccc2F)CC1. The van der Waals surface area contributed by atoms with Gasteiger partial charge in [0.15, 0.2) is 0 Å². The van der Waals surface area contributed by atoms with Crippen molar-refractivity contribution in [1.82, 2.24) is 9.80 Å². The van der Waals surface area contributed by atoms with E-state index in [9.17, 15) is 14.0 Å². The number of hydrogen-bond donors (Lipinski definition) is 0. The van der Waals surface area contributed by atoms with Gasteiger partial charge in [0, 0.05) is 19.6 Å². The zero-order valence-electron chi connectivity index (χ0n) is 15.3. The molecule has 1 atom stereocenters. The summed E-state index contributed by atoms with van der Waals surface area (Å²) in [6, 6.07) is 6.50. The summed E-state index contributed by atoms with van der Waals surface area (Å²) in [6.07, 6.45) is 4.58. The van der Waals surface area contributed by atoms with Crippen LogP contribution in [0.5, 0.6) is 0 Å². The van der Waals surface area contributed by atoms with E-state index in [2.05, 4.69) is 0 Å². The van der Waals surface area contributed by atoms with Crippen LogP contribution in [-0.4, -0.2) is 54.6 Å². The van der Waals surface area contributed by atoms with Gasteiger partial charge in [-0.15, -0.1) is 0 Å². The van der Waals surface area contributed by atoms with Crippen LogP contribution in [0.4, 0.5) is 9.18 Å². The molecule has 5 nitrogen and oxygen atoms in total. The molecule has 2 amide bonds. The van der Waals surface area contributed by atoms with E-state index in [1.165, 1.54) is 13.2 Å². The molecule has 26 heavy (non-hydrogen) atoms. The second-order valence-corrected chi connectivity index (χ2v) is 7.24. The maximum atomic E-state index is 13.8. The van der Waals surface area contributed by atoms with E-state index in [1.807, 2.05) is 17.0 Å². The van der Waals surface area contributed by atoms with Crippen LogP contribution in [0, 0.1) is 11.7 Å². The fraction of sp³-hybridized carbons (Fsp3) is 0.600. The lowest BCUT2D eigenvalue weighted by molar-refractivity contribution is -0.139. The van der Waals surface area contributed by atoms with Crippen molar-refractivity contribution in [3.8, 4) is 0 Å². The minimum atomic E-state index is -0.419. The van der Waals surface area contributed by atoms with Gasteiger partial charge in [0.25, 0.3) is 0 Å². The first-order valence-electron chi connectivity index (χ1n) is 9.47. The number of carbonyl (C=O) groups is 2. The molecule has 6 heteroatoms. The van der Waals surface area contributed by atoms with Crippen molar-refractivity contribution in [1.29, 1.82) is 0 Å². The van der Waals surface area contributed by atoms with Crippen molar-refractivity contribution >= 4 is 12.0 Å². The number of hydrogen-bond acceptors (Lipinski definition) is 3. The molecule has 0 unspecified atom stereocenters. The number of halogens is 1. The third kappa shape index (κ3) is 4.17. The number of nitrogens with zero attached hydrogens (tertiary/aromatic N) is 2.